The summed E-state index contributed by atoms with van der Waals surface area (Å²) in [6, 6.07) is 17.2. The monoisotopic (exact) mass is 373 g/mol. The van der Waals surface area contributed by atoms with E-state index >= 15 is 0 Å². The van der Waals surface area contributed by atoms with E-state index in [0.717, 1.165) is 30.6 Å². The van der Waals surface area contributed by atoms with Gasteiger partial charge in [-0.15, -0.1) is 0 Å². The molecule has 26 heavy (non-hydrogen) atoms. The summed E-state index contributed by atoms with van der Waals surface area (Å²) in [5.41, 5.74) is 1.97. The molecule has 3 rings (SSSR count). The lowest BCUT2D eigenvalue weighted by atomic mass is 9.98. The number of carbonyl (C=O) groups is 1. The molecular formula is C21H24ClNO3. The second kappa shape index (κ2) is 9.72. The van der Waals surface area contributed by atoms with Crippen LogP contribution in [0.5, 0.6) is 0 Å². The molecule has 2 atom stereocenters. The summed E-state index contributed by atoms with van der Waals surface area (Å²) in [5.74, 6) is -0.0498. The fourth-order valence-electron chi connectivity index (χ4n) is 3.08. The van der Waals surface area contributed by atoms with Crippen molar-refractivity contribution in [2.24, 2.45) is 0 Å². The maximum absolute atomic E-state index is 12.4. The van der Waals surface area contributed by atoms with Crippen LogP contribution in [0.3, 0.4) is 0 Å². The van der Waals surface area contributed by atoms with Crippen LogP contribution in [0.25, 0.3) is 0 Å². The molecule has 0 aromatic heterocycles. The Bertz CT molecular complexity index is 701. The second-order valence-corrected chi connectivity index (χ2v) is 6.86. The highest BCUT2D eigenvalue weighted by molar-refractivity contribution is 6.30. The Kier molecular flexibility index (Phi) is 7.06. The Balaban J connectivity index is 1.57. The van der Waals surface area contributed by atoms with E-state index < -0.39 is 0 Å². The third-order valence-electron chi connectivity index (χ3n) is 4.42. The van der Waals surface area contributed by atoms with Gasteiger partial charge in [0.05, 0.1) is 25.4 Å². The molecule has 0 spiro atoms. The molecule has 1 N–H and O–H groups in total. The molecule has 1 amide bonds. The molecule has 4 nitrogen and oxygen atoms in total. The lowest BCUT2D eigenvalue weighted by Crippen LogP contribution is -2.30. The third-order valence-corrected chi connectivity index (χ3v) is 4.66. The fraction of sp³-hybridized carbons (Fsp3) is 0.381. The number of benzene rings is 2. The van der Waals surface area contributed by atoms with Crippen LogP contribution in [0.2, 0.25) is 5.02 Å². The van der Waals surface area contributed by atoms with Crippen molar-refractivity contribution in [3.05, 3.63) is 70.7 Å². The highest BCUT2D eigenvalue weighted by Gasteiger charge is 2.18. The van der Waals surface area contributed by atoms with Crippen LogP contribution in [-0.4, -0.2) is 31.8 Å². The lowest BCUT2D eigenvalue weighted by molar-refractivity contribution is -0.123. The molecule has 5 heteroatoms. The number of hydrogen-bond donors (Lipinski definition) is 1. The van der Waals surface area contributed by atoms with Crippen LogP contribution in [0, 0.1) is 0 Å². The number of ether oxygens (including phenoxy) is 2. The van der Waals surface area contributed by atoms with Crippen LogP contribution in [-0.2, 0) is 14.3 Å². The number of rotatable bonds is 8. The molecule has 2 aromatic carbocycles. The lowest BCUT2D eigenvalue weighted by Gasteiger charge is -2.20. The second-order valence-electron chi connectivity index (χ2n) is 6.43. The van der Waals surface area contributed by atoms with E-state index in [-0.39, 0.29) is 18.1 Å². The van der Waals surface area contributed by atoms with Gasteiger partial charge >= 0.3 is 0 Å². The van der Waals surface area contributed by atoms with E-state index in [9.17, 15) is 4.79 Å². The molecule has 1 saturated heterocycles. The quantitative estimate of drug-likeness (QED) is 0.708. The van der Waals surface area contributed by atoms with E-state index in [1.165, 1.54) is 0 Å². The van der Waals surface area contributed by atoms with Gasteiger partial charge in [0.15, 0.2) is 0 Å². The number of halogens is 1. The Morgan fingerprint density at radius 1 is 1.19 bits per heavy atom. The standard InChI is InChI=1S/C21H24ClNO3/c22-18-9-4-8-17(14-18)21(16-6-2-1-3-7-16)23-20(24)11-13-25-15-19-10-5-12-26-19/h1-4,6-9,14,19,21H,5,10-13,15H2,(H,23,24). The van der Waals surface area contributed by atoms with Crippen molar-refractivity contribution >= 4 is 17.5 Å². The zero-order valence-electron chi connectivity index (χ0n) is 14.7. The third kappa shape index (κ3) is 5.56. The van der Waals surface area contributed by atoms with Gasteiger partial charge in [0.25, 0.3) is 0 Å². The van der Waals surface area contributed by atoms with Crippen molar-refractivity contribution in [2.75, 3.05) is 19.8 Å². The molecule has 2 unspecified atom stereocenters. The average Bonchev–Trinajstić information content (AvgIpc) is 3.17. The van der Waals surface area contributed by atoms with Crippen LogP contribution in [0.1, 0.15) is 36.4 Å². The minimum Gasteiger partial charge on any atom is -0.378 e. The van der Waals surface area contributed by atoms with E-state index in [1.807, 2.05) is 54.6 Å². The van der Waals surface area contributed by atoms with Crippen molar-refractivity contribution < 1.29 is 14.3 Å². The molecule has 2 aromatic rings. The summed E-state index contributed by atoms with van der Waals surface area (Å²) in [7, 11) is 0. The van der Waals surface area contributed by atoms with Crippen LogP contribution in [0.15, 0.2) is 54.6 Å². The number of hydrogen-bond acceptors (Lipinski definition) is 3. The maximum Gasteiger partial charge on any atom is 0.223 e. The molecular weight excluding hydrogens is 350 g/mol. The van der Waals surface area contributed by atoms with Gasteiger partial charge in [-0.2, -0.15) is 0 Å². The SMILES string of the molecule is O=C(CCOCC1CCCO1)NC(c1ccccc1)c1cccc(Cl)c1. The van der Waals surface area contributed by atoms with Gasteiger partial charge in [0, 0.05) is 18.1 Å². The van der Waals surface area contributed by atoms with Gasteiger partial charge in [-0.1, -0.05) is 54.1 Å². The van der Waals surface area contributed by atoms with Crippen LogP contribution < -0.4 is 5.32 Å². The highest BCUT2D eigenvalue weighted by Crippen LogP contribution is 2.24. The van der Waals surface area contributed by atoms with Crippen LogP contribution >= 0.6 is 11.6 Å². The Morgan fingerprint density at radius 2 is 2.00 bits per heavy atom. The average molecular weight is 374 g/mol. The van der Waals surface area contributed by atoms with Gasteiger partial charge in [-0.25, -0.2) is 0 Å². The molecule has 0 bridgehead atoms. The zero-order valence-corrected chi connectivity index (χ0v) is 15.5. The van der Waals surface area contributed by atoms with E-state index in [0.29, 0.717) is 24.7 Å². The van der Waals surface area contributed by atoms with Gasteiger partial charge in [-0.05, 0) is 36.1 Å². The summed E-state index contributed by atoms with van der Waals surface area (Å²) < 4.78 is 11.1. The zero-order chi connectivity index (χ0) is 18.2. The predicted molar refractivity (Wildman–Crippen MR) is 102 cm³/mol. The smallest absolute Gasteiger partial charge is 0.223 e. The van der Waals surface area contributed by atoms with Gasteiger partial charge in [0.1, 0.15) is 0 Å². The minimum absolute atomic E-state index is 0.0498. The first-order valence-electron chi connectivity index (χ1n) is 9.01. The fourth-order valence-corrected chi connectivity index (χ4v) is 3.28. The number of amides is 1. The highest BCUT2D eigenvalue weighted by atomic mass is 35.5. The first kappa shape index (κ1) is 18.9. The van der Waals surface area contributed by atoms with Crippen molar-refractivity contribution in [1.29, 1.82) is 0 Å². The summed E-state index contributed by atoms with van der Waals surface area (Å²) in [4.78, 5) is 12.4. The molecule has 0 saturated carbocycles. The van der Waals surface area contributed by atoms with Crippen molar-refractivity contribution in [1.82, 2.24) is 5.32 Å². The van der Waals surface area contributed by atoms with E-state index in [2.05, 4.69) is 5.32 Å². The Morgan fingerprint density at radius 3 is 2.73 bits per heavy atom. The predicted octanol–water partition coefficient (Wildman–Crippen LogP) is 4.13. The summed E-state index contributed by atoms with van der Waals surface area (Å²) in [5, 5.41) is 3.75. The largest absolute Gasteiger partial charge is 0.378 e. The van der Waals surface area contributed by atoms with Gasteiger partial charge in [-0.3, -0.25) is 4.79 Å². The van der Waals surface area contributed by atoms with Gasteiger partial charge in [0.2, 0.25) is 5.91 Å². The molecule has 1 aliphatic rings. The van der Waals surface area contributed by atoms with Crippen LogP contribution in [0.4, 0.5) is 0 Å². The first-order chi connectivity index (χ1) is 12.7. The topological polar surface area (TPSA) is 47.6 Å². The first-order valence-corrected chi connectivity index (χ1v) is 9.39. The maximum atomic E-state index is 12.4. The number of nitrogens with one attached hydrogen (secondary N) is 1. The molecule has 1 fully saturated rings. The molecule has 138 valence electrons. The normalized spacial score (nSPS) is 17.8. The van der Waals surface area contributed by atoms with Crippen molar-refractivity contribution in [3.63, 3.8) is 0 Å². The molecule has 1 aliphatic heterocycles. The summed E-state index contributed by atoms with van der Waals surface area (Å²) >= 11 is 6.13. The summed E-state index contributed by atoms with van der Waals surface area (Å²) in [6.45, 7) is 1.76. The Labute approximate surface area is 159 Å². The van der Waals surface area contributed by atoms with E-state index in [1.54, 1.807) is 0 Å². The van der Waals surface area contributed by atoms with E-state index in [4.69, 9.17) is 21.1 Å². The van der Waals surface area contributed by atoms with Crippen molar-refractivity contribution in [3.8, 4) is 0 Å². The summed E-state index contributed by atoms with van der Waals surface area (Å²) in [6.07, 6.45) is 2.63. The molecule has 0 aliphatic carbocycles. The molecule has 0 radical (unpaired) electrons. The van der Waals surface area contributed by atoms with Gasteiger partial charge < -0.3 is 14.8 Å². The Hall–Kier alpha value is -1.88. The number of carbonyl (C=O) groups excluding carboxylic acids is 1. The minimum atomic E-state index is -0.236. The molecule has 1 heterocycles. The van der Waals surface area contributed by atoms with Crippen molar-refractivity contribution in [2.45, 2.75) is 31.4 Å².